The molecule has 0 spiro atoms. The van der Waals surface area contributed by atoms with Crippen LogP contribution in [0.3, 0.4) is 0 Å². The molecule has 0 fully saturated rings. The molecule has 0 atom stereocenters. The third kappa shape index (κ3) is 4.01. The molecule has 0 saturated heterocycles. The summed E-state index contributed by atoms with van der Waals surface area (Å²) in [6, 6.07) is 2.95. The molecule has 0 aliphatic heterocycles. The van der Waals surface area contributed by atoms with E-state index >= 15 is 0 Å². The molecule has 1 aromatic carbocycles. The van der Waals surface area contributed by atoms with Crippen molar-refractivity contribution in [2.75, 3.05) is 7.11 Å². The van der Waals surface area contributed by atoms with Crippen LogP contribution >= 0.6 is 26.6 Å². The molecular weight excluding hydrogens is 323 g/mol. The van der Waals surface area contributed by atoms with Crippen molar-refractivity contribution in [3.63, 3.8) is 0 Å². The van der Waals surface area contributed by atoms with Crippen LogP contribution in [0.1, 0.15) is 11.1 Å². The molecule has 1 rings (SSSR count). The first-order chi connectivity index (χ1) is 7.33. The highest BCUT2D eigenvalue weighted by molar-refractivity contribution is 9.10. The number of ether oxygens (including phenoxy) is 1. The Morgan fingerprint density at radius 1 is 1.50 bits per heavy atom. The van der Waals surface area contributed by atoms with Gasteiger partial charge in [-0.3, -0.25) is 0 Å². The maximum Gasteiger partial charge on any atom is 0.236 e. The van der Waals surface area contributed by atoms with Gasteiger partial charge in [0.2, 0.25) is 9.05 Å². The molecule has 0 amide bonds. The van der Waals surface area contributed by atoms with Crippen molar-refractivity contribution >= 4 is 35.7 Å². The number of hydrogen-bond acceptors (Lipinski definition) is 3. The molecule has 0 aromatic heterocycles. The maximum absolute atomic E-state index is 13.5. The maximum atomic E-state index is 13.5. The van der Waals surface area contributed by atoms with Crippen molar-refractivity contribution in [2.45, 2.75) is 12.4 Å². The van der Waals surface area contributed by atoms with Crippen molar-refractivity contribution in [3.05, 3.63) is 33.5 Å². The Labute approximate surface area is 106 Å². The van der Waals surface area contributed by atoms with Gasteiger partial charge in [0.25, 0.3) is 0 Å². The molecule has 0 aliphatic carbocycles. The zero-order chi connectivity index (χ0) is 12.3. The van der Waals surface area contributed by atoms with Crippen molar-refractivity contribution in [1.82, 2.24) is 0 Å². The van der Waals surface area contributed by atoms with Gasteiger partial charge in [0.05, 0.1) is 16.8 Å². The van der Waals surface area contributed by atoms with E-state index in [4.69, 9.17) is 15.4 Å². The van der Waals surface area contributed by atoms with Crippen LogP contribution in [0.5, 0.6) is 0 Å². The minimum atomic E-state index is -3.78. The molecule has 0 bridgehead atoms. The number of hydrogen-bond donors (Lipinski definition) is 0. The summed E-state index contributed by atoms with van der Waals surface area (Å²) in [6.45, 7) is 0.272. The second-order valence-corrected chi connectivity index (χ2v) is 6.80. The Morgan fingerprint density at radius 3 is 2.62 bits per heavy atom. The molecule has 7 heteroatoms. The van der Waals surface area contributed by atoms with Gasteiger partial charge >= 0.3 is 0 Å². The minimum absolute atomic E-state index is 0.0245. The lowest BCUT2D eigenvalue weighted by atomic mass is 10.1. The van der Waals surface area contributed by atoms with Crippen molar-refractivity contribution in [1.29, 1.82) is 0 Å². The average Bonchev–Trinajstić information content (AvgIpc) is 2.11. The van der Waals surface area contributed by atoms with Crippen molar-refractivity contribution < 1.29 is 17.5 Å². The first-order valence-electron chi connectivity index (χ1n) is 4.21. The second kappa shape index (κ2) is 5.44. The van der Waals surface area contributed by atoms with Gasteiger partial charge in [0.15, 0.2) is 0 Å². The van der Waals surface area contributed by atoms with Crippen LogP contribution < -0.4 is 0 Å². The molecular formula is C9H9BrClFO3S. The number of benzene rings is 1. The zero-order valence-electron chi connectivity index (χ0n) is 8.34. The topological polar surface area (TPSA) is 43.4 Å². The summed E-state index contributed by atoms with van der Waals surface area (Å²) in [4.78, 5) is 0. The van der Waals surface area contributed by atoms with Crippen LogP contribution in [0.4, 0.5) is 4.39 Å². The molecule has 16 heavy (non-hydrogen) atoms. The second-order valence-electron chi connectivity index (χ2n) is 3.17. The van der Waals surface area contributed by atoms with Gasteiger partial charge in [-0.15, -0.1) is 0 Å². The Kier molecular flexibility index (Phi) is 4.73. The molecule has 0 aliphatic rings. The smallest absolute Gasteiger partial charge is 0.236 e. The van der Waals surface area contributed by atoms with E-state index in [-0.39, 0.29) is 16.6 Å². The largest absolute Gasteiger partial charge is 0.380 e. The fraction of sp³-hybridized carbons (Fsp3) is 0.333. The SMILES string of the molecule is COCc1cc(Br)c(F)c(CS(=O)(=O)Cl)c1. The molecule has 0 unspecified atom stereocenters. The normalized spacial score (nSPS) is 11.8. The summed E-state index contributed by atoms with van der Waals surface area (Å²) in [5, 5.41) is 0. The lowest BCUT2D eigenvalue weighted by molar-refractivity contribution is 0.184. The Balaban J connectivity index is 3.16. The predicted molar refractivity (Wildman–Crippen MR) is 63.3 cm³/mol. The Bertz CT molecular complexity index is 490. The highest BCUT2D eigenvalue weighted by atomic mass is 79.9. The van der Waals surface area contributed by atoms with E-state index in [1.807, 2.05) is 0 Å². The highest BCUT2D eigenvalue weighted by Gasteiger charge is 2.15. The molecule has 0 radical (unpaired) electrons. The van der Waals surface area contributed by atoms with Crippen LogP contribution in [0.25, 0.3) is 0 Å². The van der Waals surface area contributed by atoms with Crippen molar-refractivity contribution in [2.24, 2.45) is 0 Å². The summed E-state index contributed by atoms with van der Waals surface area (Å²) in [6.07, 6.45) is 0. The van der Waals surface area contributed by atoms with E-state index in [1.54, 1.807) is 0 Å². The minimum Gasteiger partial charge on any atom is -0.380 e. The average molecular weight is 332 g/mol. The van der Waals surface area contributed by atoms with Crippen LogP contribution in [0, 0.1) is 5.82 Å². The quantitative estimate of drug-likeness (QED) is 0.797. The standard InChI is InChI=1S/C9H9BrClFO3S/c1-15-4-6-2-7(5-16(11,13)14)9(12)8(10)3-6/h2-3H,4-5H2,1H3. The number of methoxy groups -OCH3 is 1. The van der Waals surface area contributed by atoms with E-state index < -0.39 is 20.6 Å². The zero-order valence-corrected chi connectivity index (χ0v) is 11.5. The lowest BCUT2D eigenvalue weighted by Gasteiger charge is -2.07. The number of rotatable bonds is 4. The third-order valence-electron chi connectivity index (χ3n) is 1.80. The van der Waals surface area contributed by atoms with Gasteiger partial charge in [-0.25, -0.2) is 12.8 Å². The first-order valence-corrected chi connectivity index (χ1v) is 7.48. The Morgan fingerprint density at radius 2 is 2.12 bits per heavy atom. The predicted octanol–water partition coefficient (Wildman–Crippen LogP) is 2.80. The summed E-state index contributed by atoms with van der Waals surface area (Å²) >= 11 is 3.01. The van der Waals surface area contributed by atoms with Gasteiger partial charge in [0.1, 0.15) is 5.82 Å². The van der Waals surface area contributed by atoms with E-state index in [9.17, 15) is 12.8 Å². The first kappa shape index (κ1) is 13.9. The van der Waals surface area contributed by atoms with Crippen molar-refractivity contribution in [3.8, 4) is 0 Å². The van der Waals surface area contributed by atoms with Gasteiger partial charge in [-0.05, 0) is 33.6 Å². The molecule has 90 valence electrons. The fourth-order valence-electron chi connectivity index (χ4n) is 1.25. The fourth-order valence-corrected chi connectivity index (χ4v) is 2.73. The van der Waals surface area contributed by atoms with Crippen LogP contribution in [-0.2, 0) is 26.1 Å². The van der Waals surface area contributed by atoms with E-state index in [0.717, 1.165) is 0 Å². The Hall–Kier alpha value is -0.170. The van der Waals surface area contributed by atoms with Gasteiger partial charge in [0, 0.05) is 23.4 Å². The lowest BCUT2D eigenvalue weighted by Crippen LogP contribution is -2.01. The summed E-state index contributed by atoms with van der Waals surface area (Å²) in [5.74, 6) is -1.17. The summed E-state index contributed by atoms with van der Waals surface area (Å²) < 4.78 is 40.4. The third-order valence-corrected chi connectivity index (χ3v) is 3.36. The molecule has 0 N–H and O–H groups in total. The van der Waals surface area contributed by atoms with E-state index in [2.05, 4.69) is 15.9 Å². The molecule has 1 aromatic rings. The molecule has 3 nitrogen and oxygen atoms in total. The number of halogens is 3. The van der Waals surface area contributed by atoms with Crippen LogP contribution in [0.2, 0.25) is 0 Å². The van der Waals surface area contributed by atoms with Gasteiger partial charge in [-0.2, -0.15) is 0 Å². The highest BCUT2D eigenvalue weighted by Crippen LogP contribution is 2.24. The van der Waals surface area contributed by atoms with Crippen LogP contribution in [-0.4, -0.2) is 15.5 Å². The summed E-state index contributed by atoms with van der Waals surface area (Å²) in [7, 11) is 2.80. The monoisotopic (exact) mass is 330 g/mol. The van der Waals surface area contributed by atoms with E-state index in [0.29, 0.717) is 5.56 Å². The van der Waals surface area contributed by atoms with Gasteiger partial charge < -0.3 is 4.74 Å². The van der Waals surface area contributed by atoms with Crippen LogP contribution in [0.15, 0.2) is 16.6 Å². The van der Waals surface area contributed by atoms with E-state index in [1.165, 1.54) is 19.2 Å². The summed E-state index contributed by atoms with van der Waals surface area (Å²) in [5.41, 5.74) is 0.697. The molecule has 0 heterocycles. The molecule has 0 saturated carbocycles. The van der Waals surface area contributed by atoms with Gasteiger partial charge in [-0.1, -0.05) is 0 Å².